The summed E-state index contributed by atoms with van der Waals surface area (Å²) in [5.41, 5.74) is 8.68. The van der Waals surface area contributed by atoms with Crippen LogP contribution in [0.4, 0.5) is 5.82 Å². The monoisotopic (exact) mass is 317 g/mol. The van der Waals surface area contributed by atoms with Gasteiger partial charge in [0.05, 0.1) is 11.6 Å². The van der Waals surface area contributed by atoms with Gasteiger partial charge < -0.3 is 15.8 Å². The molecule has 0 radical (unpaired) electrons. The van der Waals surface area contributed by atoms with Crippen LogP contribution in [-0.4, -0.2) is 44.2 Å². The predicted molar refractivity (Wildman–Crippen MR) is 91.8 cm³/mol. The molecule has 23 heavy (non-hydrogen) atoms. The smallest absolute Gasteiger partial charge is 0.151 e. The van der Waals surface area contributed by atoms with Crippen LogP contribution in [0.3, 0.4) is 0 Å². The highest BCUT2D eigenvalue weighted by molar-refractivity contribution is 5.86. The third-order valence-electron chi connectivity index (χ3n) is 4.88. The van der Waals surface area contributed by atoms with Crippen LogP contribution in [-0.2, 0) is 6.54 Å². The average Bonchev–Trinajstić information content (AvgIpc) is 3.09. The molecule has 1 saturated heterocycles. The van der Waals surface area contributed by atoms with E-state index in [0.717, 1.165) is 42.7 Å². The molecule has 0 bridgehead atoms. The zero-order valence-corrected chi connectivity index (χ0v) is 13.8. The molecule has 0 spiro atoms. The van der Waals surface area contributed by atoms with Crippen molar-refractivity contribution in [3.05, 3.63) is 18.1 Å². The van der Waals surface area contributed by atoms with Crippen molar-refractivity contribution in [2.45, 2.75) is 51.7 Å². The van der Waals surface area contributed by atoms with Gasteiger partial charge in [0.15, 0.2) is 5.82 Å². The SMILES string of the molecule is CCCCCC[C@H]1CN(Cc2c[nH]c3c(N)ncnc23)CC1O. The van der Waals surface area contributed by atoms with Gasteiger partial charge in [0.2, 0.25) is 0 Å². The number of aliphatic hydroxyl groups excluding tert-OH is 1. The lowest BCUT2D eigenvalue weighted by atomic mass is 9.98. The fraction of sp³-hybridized carbons (Fsp3) is 0.647. The average molecular weight is 317 g/mol. The van der Waals surface area contributed by atoms with Crippen molar-refractivity contribution in [1.82, 2.24) is 19.9 Å². The number of likely N-dealkylation sites (tertiary alicyclic amines) is 1. The van der Waals surface area contributed by atoms with Crippen LogP contribution in [0.1, 0.15) is 44.6 Å². The van der Waals surface area contributed by atoms with Gasteiger partial charge in [-0.3, -0.25) is 4.90 Å². The molecule has 0 saturated carbocycles. The summed E-state index contributed by atoms with van der Waals surface area (Å²) in [5.74, 6) is 0.883. The van der Waals surface area contributed by atoms with E-state index in [9.17, 15) is 5.11 Å². The Morgan fingerprint density at radius 2 is 2.17 bits per heavy atom. The van der Waals surface area contributed by atoms with Crippen molar-refractivity contribution in [2.75, 3.05) is 18.8 Å². The first-order valence-corrected chi connectivity index (χ1v) is 8.66. The Morgan fingerprint density at radius 3 is 3.00 bits per heavy atom. The number of hydrogen-bond acceptors (Lipinski definition) is 5. The number of fused-ring (bicyclic) bond motifs is 1. The molecule has 0 amide bonds. The summed E-state index contributed by atoms with van der Waals surface area (Å²) >= 11 is 0. The van der Waals surface area contributed by atoms with E-state index in [-0.39, 0.29) is 6.10 Å². The number of hydrogen-bond donors (Lipinski definition) is 3. The normalized spacial score (nSPS) is 22.2. The number of aromatic nitrogens is 3. The lowest BCUT2D eigenvalue weighted by Crippen LogP contribution is -2.21. The molecule has 6 nitrogen and oxygen atoms in total. The number of nitrogens with zero attached hydrogens (tertiary/aromatic N) is 3. The number of β-amino-alcohol motifs (C(OH)–C–C–N with tert-alkyl or cyclic N) is 1. The van der Waals surface area contributed by atoms with Crippen LogP contribution < -0.4 is 5.73 Å². The van der Waals surface area contributed by atoms with Crippen LogP contribution >= 0.6 is 0 Å². The van der Waals surface area contributed by atoms with E-state index >= 15 is 0 Å². The maximum absolute atomic E-state index is 10.3. The first-order chi connectivity index (χ1) is 11.2. The van der Waals surface area contributed by atoms with Gasteiger partial charge in [-0.1, -0.05) is 32.6 Å². The fourth-order valence-corrected chi connectivity index (χ4v) is 3.56. The fourth-order valence-electron chi connectivity index (χ4n) is 3.56. The Morgan fingerprint density at radius 1 is 1.30 bits per heavy atom. The highest BCUT2D eigenvalue weighted by Gasteiger charge is 2.31. The number of unbranched alkanes of at least 4 members (excludes halogenated alkanes) is 3. The Hall–Kier alpha value is -1.66. The number of aromatic amines is 1. The van der Waals surface area contributed by atoms with Gasteiger partial charge in [0.1, 0.15) is 11.8 Å². The zero-order valence-electron chi connectivity index (χ0n) is 13.8. The number of anilines is 1. The first kappa shape index (κ1) is 16.2. The highest BCUT2D eigenvalue weighted by atomic mass is 16.3. The second-order valence-electron chi connectivity index (χ2n) is 6.67. The quantitative estimate of drug-likeness (QED) is 0.682. The van der Waals surface area contributed by atoms with Crippen LogP contribution in [0, 0.1) is 5.92 Å². The Balaban J connectivity index is 1.59. The van der Waals surface area contributed by atoms with E-state index in [1.54, 1.807) is 0 Å². The van der Waals surface area contributed by atoms with Crippen molar-refractivity contribution in [1.29, 1.82) is 0 Å². The molecule has 1 aliphatic rings. The van der Waals surface area contributed by atoms with Crippen molar-refractivity contribution in [3.8, 4) is 0 Å². The zero-order chi connectivity index (χ0) is 16.2. The predicted octanol–water partition coefficient (Wildman–Crippen LogP) is 2.30. The third-order valence-corrected chi connectivity index (χ3v) is 4.88. The molecule has 1 aliphatic heterocycles. The first-order valence-electron chi connectivity index (χ1n) is 8.66. The highest BCUT2D eigenvalue weighted by Crippen LogP contribution is 2.26. The van der Waals surface area contributed by atoms with Crippen molar-refractivity contribution in [2.24, 2.45) is 5.92 Å². The topological polar surface area (TPSA) is 91.1 Å². The number of nitrogens with two attached hydrogens (primary N) is 1. The summed E-state index contributed by atoms with van der Waals surface area (Å²) in [5, 5.41) is 10.3. The minimum atomic E-state index is -0.207. The van der Waals surface area contributed by atoms with E-state index < -0.39 is 0 Å². The lowest BCUT2D eigenvalue weighted by Gasteiger charge is -2.15. The minimum Gasteiger partial charge on any atom is -0.391 e. The second kappa shape index (κ2) is 7.27. The molecule has 126 valence electrons. The standard InChI is InChI=1S/C17H27N5O/c1-2-3-4-5-6-12-8-22(10-14(12)23)9-13-7-19-16-15(13)20-11-21-17(16)18/h7,11-12,14,19,23H,2-6,8-10H2,1H3,(H2,18,20,21)/t12-,14?/m0/s1. The molecule has 4 N–H and O–H groups in total. The van der Waals surface area contributed by atoms with Crippen LogP contribution in [0.25, 0.3) is 11.0 Å². The van der Waals surface area contributed by atoms with Crippen LogP contribution in [0.2, 0.25) is 0 Å². The largest absolute Gasteiger partial charge is 0.391 e. The Labute approximate surface area is 137 Å². The summed E-state index contributed by atoms with van der Waals surface area (Å²) in [6, 6.07) is 0. The number of nitrogen functional groups attached to an aromatic ring is 1. The Kier molecular flexibility index (Phi) is 5.13. The maximum Gasteiger partial charge on any atom is 0.151 e. The second-order valence-corrected chi connectivity index (χ2v) is 6.67. The molecular weight excluding hydrogens is 290 g/mol. The van der Waals surface area contributed by atoms with Crippen LogP contribution in [0.5, 0.6) is 0 Å². The van der Waals surface area contributed by atoms with Crippen molar-refractivity contribution < 1.29 is 5.11 Å². The summed E-state index contributed by atoms with van der Waals surface area (Å²) in [6.45, 7) is 4.72. The molecule has 0 aromatic carbocycles. The molecule has 1 fully saturated rings. The van der Waals surface area contributed by atoms with Gasteiger partial charge >= 0.3 is 0 Å². The molecule has 2 atom stereocenters. The summed E-state index contributed by atoms with van der Waals surface area (Å²) in [4.78, 5) is 13.8. The van der Waals surface area contributed by atoms with Crippen molar-refractivity contribution in [3.63, 3.8) is 0 Å². The minimum absolute atomic E-state index is 0.207. The molecule has 3 heterocycles. The molecule has 2 aromatic rings. The molecule has 6 heteroatoms. The molecule has 3 rings (SSSR count). The van der Waals surface area contributed by atoms with Crippen molar-refractivity contribution >= 4 is 16.9 Å². The Bertz CT molecular complexity index is 641. The van der Waals surface area contributed by atoms with E-state index in [1.165, 1.54) is 32.0 Å². The van der Waals surface area contributed by atoms with Gasteiger partial charge in [-0.15, -0.1) is 0 Å². The molecular formula is C17H27N5O. The summed E-state index contributed by atoms with van der Waals surface area (Å²) < 4.78 is 0. The number of rotatable bonds is 7. The third kappa shape index (κ3) is 3.64. The maximum atomic E-state index is 10.3. The van der Waals surface area contributed by atoms with Crippen LogP contribution in [0.15, 0.2) is 12.5 Å². The van der Waals surface area contributed by atoms with Gasteiger partial charge in [-0.2, -0.15) is 0 Å². The van der Waals surface area contributed by atoms with Gasteiger partial charge in [0.25, 0.3) is 0 Å². The number of aliphatic hydroxyl groups is 1. The molecule has 0 aliphatic carbocycles. The molecule has 1 unspecified atom stereocenters. The van der Waals surface area contributed by atoms with E-state index in [0.29, 0.717) is 11.7 Å². The summed E-state index contributed by atoms with van der Waals surface area (Å²) in [6.07, 6.45) is 9.43. The van der Waals surface area contributed by atoms with Gasteiger partial charge in [-0.25, -0.2) is 9.97 Å². The van der Waals surface area contributed by atoms with E-state index in [2.05, 4.69) is 26.8 Å². The number of nitrogens with one attached hydrogen (secondary N) is 1. The molecule has 2 aromatic heterocycles. The lowest BCUT2D eigenvalue weighted by molar-refractivity contribution is 0.136. The number of H-pyrrole nitrogens is 1. The summed E-state index contributed by atoms with van der Waals surface area (Å²) in [7, 11) is 0. The van der Waals surface area contributed by atoms with E-state index in [4.69, 9.17) is 5.73 Å². The van der Waals surface area contributed by atoms with Gasteiger partial charge in [-0.05, 0) is 12.3 Å². The van der Waals surface area contributed by atoms with E-state index in [1.807, 2.05) is 6.20 Å². The van der Waals surface area contributed by atoms with Gasteiger partial charge in [0, 0.05) is 31.4 Å².